The minimum Gasteiger partial charge on any atom is -0.378 e. The third kappa shape index (κ3) is 7.49. The normalized spacial score (nSPS) is 15.8. The van der Waals surface area contributed by atoms with Crippen molar-refractivity contribution in [3.63, 3.8) is 0 Å². The zero-order chi connectivity index (χ0) is 17.4. The number of rotatable bonds is 6. The number of hydrogen-bond acceptors (Lipinski definition) is 2. The Labute approximate surface area is 178 Å². The van der Waals surface area contributed by atoms with Crippen molar-refractivity contribution in [1.82, 2.24) is 10.2 Å². The van der Waals surface area contributed by atoms with Gasteiger partial charge in [0.05, 0.1) is 6.10 Å². The van der Waals surface area contributed by atoms with Gasteiger partial charge in [0.2, 0.25) is 0 Å². The van der Waals surface area contributed by atoms with Gasteiger partial charge >= 0.3 is 0 Å². The van der Waals surface area contributed by atoms with Gasteiger partial charge in [-0.05, 0) is 50.3 Å². The van der Waals surface area contributed by atoms with Crippen LogP contribution in [-0.2, 0) is 11.2 Å². The summed E-state index contributed by atoms with van der Waals surface area (Å²) in [6, 6.07) is 5.68. The summed E-state index contributed by atoms with van der Waals surface area (Å²) in [4.78, 5) is 6.71. The van der Waals surface area contributed by atoms with E-state index >= 15 is 0 Å². The molecule has 0 saturated carbocycles. The first kappa shape index (κ1) is 22.8. The van der Waals surface area contributed by atoms with Crippen LogP contribution in [0.3, 0.4) is 0 Å². The number of halogens is 3. The SMILES string of the molecule is CCOC1CCN(C(=NC)NCCCc2ccc(Cl)cc2Cl)CC1.I. The molecule has 1 saturated heterocycles. The lowest BCUT2D eigenvalue weighted by atomic mass is 10.1. The van der Waals surface area contributed by atoms with Gasteiger partial charge in [0.25, 0.3) is 0 Å². The van der Waals surface area contributed by atoms with E-state index in [1.54, 1.807) is 6.07 Å². The molecule has 1 fully saturated rings. The van der Waals surface area contributed by atoms with E-state index in [1.807, 2.05) is 19.2 Å². The predicted octanol–water partition coefficient (Wildman–Crippen LogP) is 4.62. The van der Waals surface area contributed by atoms with E-state index in [2.05, 4.69) is 22.1 Å². The lowest BCUT2D eigenvalue weighted by molar-refractivity contribution is 0.0264. The Kier molecular flexibility index (Phi) is 11.1. The maximum atomic E-state index is 6.21. The monoisotopic (exact) mass is 499 g/mol. The smallest absolute Gasteiger partial charge is 0.193 e. The lowest BCUT2D eigenvalue weighted by Crippen LogP contribution is -2.47. The predicted molar refractivity (Wildman–Crippen MR) is 118 cm³/mol. The van der Waals surface area contributed by atoms with E-state index in [0.29, 0.717) is 11.1 Å². The van der Waals surface area contributed by atoms with E-state index in [-0.39, 0.29) is 24.0 Å². The average molecular weight is 500 g/mol. The molecule has 0 unspecified atom stereocenters. The van der Waals surface area contributed by atoms with Crippen LogP contribution >= 0.6 is 47.2 Å². The number of aryl methyl sites for hydroxylation is 1. The van der Waals surface area contributed by atoms with Gasteiger partial charge < -0.3 is 15.0 Å². The first-order chi connectivity index (χ1) is 11.6. The van der Waals surface area contributed by atoms with Crippen LogP contribution in [0.4, 0.5) is 0 Å². The molecule has 1 aliphatic heterocycles. The second-order valence-corrected chi connectivity index (χ2v) is 6.80. The molecule has 142 valence electrons. The second kappa shape index (κ2) is 12.2. The first-order valence-electron chi connectivity index (χ1n) is 8.65. The summed E-state index contributed by atoms with van der Waals surface area (Å²) < 4.78 is 5.70. The van der Waals surface area contributed by atoms with Crippen LogP contribution in [0.1, 0.15) is 31.7 Å². The van der Waals surface area contributed by atoms with E-state index in [1.165, 1.54) is 0 Å². The van der Waals surface area contributed by atoms with E-state index < -0.39 is 0 Å². The van der Waals surface area contributed by atoms with Crippen molar-refractivity contribution in [2.75, 3.05) is 33.3 Å². The molecular formula is C18H28Cl2IN3O. The van der Waals surface area contributed by atoms with Crippen LogP contribution in [0.5, 0.6) is 0 Å². The number of ether oxygens (including phenoxy) is 1. The van der Waals surface area contributed by atoms with Crippen molar-refractivity contribution < 1.29 is 4.74 Å². The van der Waals surface area contributed by atoms with Crippen LogP contribution in [0.25, 0.3) is 0 Å². The largest absolute Gasteiger partial charge is 0.378 e. The molecule has 7 heteroatoms. The molecule has 4 nitrogen and oxygen atoms in total. The Morgan fingerprint density at radius 1 is 1.32 bits per heavy atom. The van der Waals surface area contributed by atoms with E-state index in [4.69, 9.17) is 27.9 Å². The number of hydrogen-bond donors (Lipinski definition) is 1. The summed E-state index contributed by atoms with van der Waals surface area (Å²) in [5.74, 6) is 0.979. The third-order valence-corrected chi connectivity index (χ3v) is 4.86. The van der Waals surface area contributed by atoms with Crippen LogP contribution in [-0.4, -0.2) is 50.3 Å². The fourth-order valence-electron chi connectivity index (χ4n) is 3.01. The van der Waals surface area contributed by atoms with Gasteiger partial charge in [0, 0.05) is 43.3 Å². The molecule has 0 amide bonds. The van der Waals surface area contributed by atoms with E-state index in [9.17, 15) is 0 Å². The molecule has 1 aromatic carbocycles. The summed E-state index contributed by atoms with van der Waals surface area (Å²) in [5.41, 5.74) is 1.13. The molecule has 2 rings (SSSR count). The second-order valence-electron chi connectivity index (χ2n) is 5.96. The summed E-state index contributed by atoms with van der Waals surface area (Å²) in [6.07, 6.45) is 4.45. The molecule has 1 heterocycles. The zero-order valence-corrected chi connectivity index (χ0v) is 18.8. The summed E-state index contributed by atoms with van der Waals surface area (Å²) >= 11 is 12.1. The topological polar surface area (TPSA) is 36.9 Å². The van der Waals surface area contributed by atoms with Crippen molar-refractivity contribution in [2.24, 2.45) is 4.99 Å². The maximum Gasteiger partial charge on any atom is 0.193 e. The number of guanidine groups is 1. The zero-order valence-electron chi connectivity index (χ0n) is 14.9. The minimum absolute atomic E-state index is 0. The van der Waals surface area contributed by atoms with Crippen molar-refractivity contribution in [1.29, 1.82) is 0 Å². The van der Waals surface area contributed by atoms with Crippen molar-refractivity contribution in [2.45, 2.75) is 38.7 Å². The standard InChI is InChI=1S/C18H27Cl2N3O.HI/c1-3-24-16-8-11-23(12-9-16)18(21-2)22-10-4-5-14-6-7-15(19)13-17(14)20;/h6-7,13,16H,3-5,8-12H2,1-2H3,(H,21,22);1H. The molecule has 0 bridgehead atoms. The van der Waals surface area contributed by atoms with Gasteiger partial charge in [-0.15, -0.1) is 24.0 Å². The molecule has 1 aliphatic rings. The molecule has 1 aromatic rings. The van der Waals surface area contributed by atoms with Crippen molar-refractivity contribution >= 4 is 53.1 Å². The number of likely N-dealkylation sites (tertiary alicyclic amines) is 1. The van der Waals surface area contributed by atoms with Gasteiger partial charge in [-0.2, -0.15) is 0 Å². The molecule has 25 heavy (non-hydrogen) atoms. The van der Waals surface area contributed by atoms with Gasteiger partial charge in [-0.1, -0.05) is 29.3 Å². The Morgan fingerprint density at radius 3 is 2.64 bits per heavy atom. The van der Waals surface area contributed by atoms with Gasteiger partial charge in [-0.25, -0.2) is 0 Å². The average Bonchev–Trinajstić information content (AvgIpc) is 2.58. The van der Waals surface area contributed by atoms with Gasteiger partial charge in [-0.3, -0.25) is 4.99 Å². The Morgan fingerprint density at radius 2 is 2.04 bits per heavy atom. The molecule has 0 spiro atoms. The molecule has 0 radical (unpaired) electrons. The number of nitrogens with one attached hydrogen (secondary N) is 1. The van der Waals surface area contributed by atoms with Crippen molar-refractivity contribution in [3.8, 4) is 0 Å². The summed E-state index contributed by atoms with van der Waals surface area (Å²) in [5, 5.41) is 4.87. The Hall–Kier alpha value is -0.240. The third-order valence-electron chi connectivity index (χ3n) is 4.28. The minimum atomic E-state index is 0. The van der Waals surface area contributed by atoms with Crippen LogP contribution in [0.2, 0.25) is 10.0 Å². The highest BCUT2D eigenvalue weighted by Crippen LogP contribution is 2.22. The quantitative estimate of drug-likeness (QED) is 0.268. The highest BCUT2D eigenvalue weighted by molar-refractivity contribution is 14.0. The Balaban J connectivity index is 0.00000312. The van der Waals surface area contributed by atoms with Crippen LogP contribution < -0.4 is 5.32 Å². The molecule has 0 atom stereocenters. The molecule has 1 N–H and O–H groups in total. The van der Waals surface area contributed by atoms with Crippen molar-refractivity contribution in [3.05, 3.63) is 33.8 Å². The summed E-state index contributed by atoms with van der Waals surface area (Å²) in [6.45, 7) is 5.71. The number of piperidine rings is 1. The Bertz CT molecular complexity index is 549. The van der Waals surface area contributed by atoms with Crippen LogP contribution in [0, 0.1) is 0 Å². The van der Waals surface area contributed by atoms with Gasteiger partial charge in [0.15, 0.2) is 5.96 Å². The summed E-state index contributed by atoms with van der Waals surface area (Å²) in [7, 11) is 1.84. The molecule has 0 aromatic heterocycles. The number of nitrogens with zero attached hydrogens (tertiary/aromatic N) is 2. The number of aliphatic imine (C=N–C) groups is 1. The first-order valence-corrected chi connectivity index (χ1v) is 9.40. The molecular weight excluding hydrogens is 472 g/mol. The highest BCUT2D eigenvalue weighted by atomic mass is 127. The van der Waals surface area contributed by atoms with Crippen LogP contribution in [0.15, 0.2) is 23.2 Å². The molecule has 0 aliphatic carbocycles. The van der Waals surface area contributed by atoms with E-state index in [0.717, 1.165) is 68.5 Å². The van der Waals surface area contributed by atoms with Gasteiger partial charge in [0.1, 0.15) is 0 Å². The fourth-order valence-corrected chi connectivity index (χ4v) is 3.51. The lowest BCUT2D eigenvalue weighted by Gasteiger charge is -2.34. The number of benzene rings is 1. The maximum absolute atomic E-state index is 6.21. The fraction of sp³-hybridized carbons (Fsp3) is 0.611. The highest BCUT2D eigenvalue weighted by Gasteiger charge is 2.21.